The molecule has 2 rings (SSSR count). The summed E-state index contributed by atoms with van der Waals surface area (Å²) in [5, 5.41) is 20.0. The van der Waals surface area contributed by atoms with E-state index in [1.54, 1.807) is 0 Å². The van der Waals surface area contributed by atoms with Crippen LogP contribution in [0.2, 0.25) is 0 Å². The molecule has 0 aliphatic carbocycles. The number of ether oxygens (including phenoxy) is 1. The molecule has 0 radical (unpaired) electrons. The standard InChI is InChI=1S/C18H20O4/c1-12-8-15(10-16(19)18(20)21)9-13(2)17(12)22-11-14-6-4-3-5-7-14/h3-9,16,19H,10-11H2,1-2H3,(H,20,21)/p-1. The van der Waals surface area contributed by atoms with Crippen molar-refractivity contribution in [1.82, 2.24) is 0 Å². The summed E-state index contributed by atoms with van der Waals surface area (Å²) >= 11 is 0. The van der Waals surface area contributed by atoms with Crippen LogP contribution >= 0.6 is 0 Å². The highest BCUT2D eigenvalue weighted by Gasteiger charge is 2.11. The summed E-state index contributed by atoms with van der Waals surface area (Å²) in [7, 11) is 0. The number of aliphatic hydroxyl groups is 1. The number of hydrogen-bond acceptors (Lipinski definition) is 4. The first-order valence-corrected chi connectivity index (χ1v) is 7.13. The number of hydrogen-bond donors (Lipinski definition) is 1. The number of aliphatic hydroxyl groups excluding tert-OH is 1. The van der Waals surface area contributed by atoms with Gasteiger partial charge in [0.2, 0.25) is 0 Å². The van der Waals surface area contributed by atoms with E-state index in [1.165, 1.54) is 0 Å². The summed E-state index contributed by atoms with van der Waals surface area (Å²) in [6, 6.07) is 13.5. The summed E-state index contributed by atoms with van der Waals surface area (Å²) in [6.07, 6.45) is -1.46. The maximum Gasteiger partial charge on any atom is 0.125 e. The molecule has 1 N–H and O–H groups in total. The van der Waals surface area contributed by atoms with Crippen molar-refractivity contribution in [2.75, 3.05) is 0 Å². The van der Waals surface area contributed by atoms with Crippen LogP contribution in [0.3, 0.4) is 0 Å². The molecule has 1 atom stereocenters. The Labute approximate surface area is 130 Å². The first kappa shape index (κ1) is 16.0. The third kappa shape index (κ3) is 4.09. The maximum absolute atomic E-state index is 10.6. The normalized spacial score (nSPS) is 12.0. The van der Waals surface area contributed by atoms with Crippen molar-refractivity contribution in [3.63, 3.8) is 0 Å². The van der Waals surface area contributed by atoms with E-state index in [9.17, 15) is 15.0 Å². The Morgan fingerprint density at radius 3 is 2.27 bits per heavy atom. The van der Waals surface area contributed by atoms with Gasteiger partial charge in [0.1, 0.15) is 12.4 Å². The van der Waals surface area contributed by atoms with Crippen molar-refractivity contribution in [3.05, 3.63) is 64.7 Å². The highest BCUT2D eigenvalue weighted by molar-refractivity contribution is 5.70. The Hall–Kier alpha value is -2.33. The Kier molecular flexibility index (Phi) is 5.17. The van der Waals surface area contributed by atoms with Gasteiger partial charge in [0.05, 0.1) is 12.1 Å². The molecule has 0 amide bonds. The van der Waals surface area contributed by atoms with Crippen LogP contribution in [0.1, 0.15) is 22.3 Å². The first-order chi connectivity index (χ1) is 10.5. The molecule has 0 aliphatic heterocycles. The lowest BCUT2D eigenvalue weighted by atomic mass is 10.0. The number of carboxylic acid groups (broad SMARTS) is 1. The van der Waals surface area contributed by atoms with Crippen LogP contribution in [0.5, 0.6) is 5.75 Å². The maximum atomic E-state index is 10.6. The van der Waals surface area contributed by atoms with E-state index >= 15 is 0 Å². The molecule has 0 heterocycles. The fraction of sp³-hybridized carbons (Fsp3) is 0.278. The third-order valence-corrected chi connectivity index (χ3v) is 3.45. The molecule has 0 aliphatic rings. The Morgan fingerprint density at radius 1 is 1.14 bits per heavy atom. The smallest absolute Gasteiger partial charge is 0.125 e. The van der Waals surface area contributed by atoms with Crippen LogP contribution in [-0.4, -0.2) is 17.2 Å². The van der Waals surface area contributed by atoms with Gasteiger partial charge in [-0.25, -0.2) is 0 Å². The van der Waals surface area contributed by atoms with Gasteiger partial charge < -0.3 is 19.7 Å². The van der Waals surface area contributed by atoms with Crippen molar-refractivity contribution in [2.45, 2.75) is 33.0 Å². The second-order valence-corrected chi connectivity index (χ2v) is 5.37. The third-order valence-electron chi connectivity index (χ3n) is 3.45. The minimum absolute atomic E-state index is 0.0307. The summed E-state index contributed by atoms with van der Waals surface area (Å²) in [4.78, 5) is 10.6. The molecular weight excluding hydrogens is 280 g/mol. The average molecular weight is 299 g/mol. The second kappa shape index (κ2) is 7.09. The predicted molar refractivity (Wildman–Crippen MR) is 81.4 cm³/mol. The number of aliphatic carboxylic acids is 1. The Balaban J connectivity index is 2.11. The number of benzene rings is 2. The van der Waals surface area contributed by atoms with Gasteiger partial charge in [0, 0.05) is 6.42 Å². The summed E-state index contributed by atoms with van der Waals surface area (Å²) in [6.45, 7) is 4.29. The summed E-state index contributed by atoms with van der Waals surface area (Å²) < 4.78 is 5.87. The van der Waals surface area contributed by atoms with Crippen LogP contribution in [0, 0.1) is 13.8 Å². The largest absolute Gasteiger partial charge is 0.547 e. The molecule has 1 unspecified atom stereocenters. The first-order valence-electron chi connectivity index (χ1n) is 7.13. The summed E-state index contributed by atoms with van der Waals surface area (Å²) in [5.74, 6) is -0.671. The molecule has 0 aromatic heterocycles. The zero-order valence-corrected chi connectivity index (χ0v) is 12.7. The molecule has 22 heavy (non-hydrogen) atoms. The van der Waals surface area contributed by atoms with Gasteiger partial charge in [0.25, 0.3) is 0 Å². The molecule has 0 saturated heterocycles. The average Bonchev–Trinajstić information content (AvgIpc) is 2.47. The van der Waals surface area contributed by atoms with Crippen molar-refractivity contribution in [1.29, 1.82) is 0 Å². The SMILES string of the molecule is Cc1cc(CC(O)C(=O)[O-])cc(C)c1OCc1ccccc1. The topological polar surface area (TPSA) is 69.6 Å². The van der Waals surface area contributed by atoms with Crippen molar-refractivity contribution in [2.24, 2.45) is 0 Å². The number of carbonyl (C=O) groups is 1. The highest BCUT2D eigenvalue weighted by atomic mass is 16.5. The number of carbonyl (C=O) groups excluding carboxylic acids is 1. The van der Waals surface area contributed by atoms with Gasteiger partial charge in [0.15, 0.2) is 0 Å². The molecule has 0 fully saturated rings. The zero-order valence-electron chi connectivity index (χ0n) is 12.7. The van der Waals surface area contributed by atoms with Crippen molar-refractivity contribution >= 4 is 5.97 Å². The monoisotopic (exact) mass is 299 g/mol. The van der Waals surface area contributed by atoms with E-state index in [2.05, 4.69) is 0 Å². The van der Waals surface area contributed by atoms with Crippen LogP contribution in [0.4, 0.5) is 0 Å². The van der Waals surface area contributed by atoms with Crippen molar-refractivity contribution < 1.29 is 19.7 Å². The lowest BCUT2D eigenvalue weighted by Crippen LogP contribution is -2.36. The number of aryl methyl sites for hydroxylation is 2. The molecule has 4 nitrogen and oxygen atoms in total. The minimum atomic E-state index is -1.49. The number of carboxylic acids is 1. The van der Waals surface area contributed by atoms with Gasteiger partial charge in [-0.3, -0.25) is 0 Å². The van der Waals surface area contributed by atoms with E-state index in [0.717, 1.165) is 28.0 Å². The van der Waals surface area contributed by atoms with Gasteiger partial charge in [-0.2, -0.15) is 0 Å². The minimum Gasteiger partial charge on any atom is -0.547 e. The highest BCUT2D eigenvalue weighted by Crippen LogP contribution is 2.26. The van der Waals surface area contributed by atoms with Gasteiger partial charge in [-0.15, -0.1) is 0 Å². The lowest BCUT2D eigenvalue weighted by Gasteiger charge is -2.16. The predicted octanol–water partition coefficient (Wildman–Crippen LogP) is 1.54. The molecule has 0 saturated carbocycles. The van der Waals surface area contributed by atoms with Gasteiger partial charge in [-0.1, -0.05) is 42.5 Å². The van der Waals surface area contributed by atoms with E-state index < -0.39 is 12.1 Å². The summed E-state index contributed by atoms with van der Waals surface area (Å²) in [5.41, 5.74) is 3.66. The van der Waals surface area contributed by atoms with E-state index in [-0.39, 0.29) is 6.42 Å². The van der Waals surface area contributed by atoms with Crippen LogP contribution in [0.15, 0.2) is 42.5 Å². The van der Waals surface area contributed by atoms with Gasteiger partial charge >= 0.3 is 0 Å². The van der Waals surface area contributed by atoms with E-state index in [0.29, 0.717) is 6.61 Å². The molecular formula is C18H19O4-. The molecule has 0 spiro atoms. The molecule has 2 aromatic rings. The van der Waals surface area contributed by atoms with Crippen LogP contribution in [-0.2, 0) is 17.8 Å². The Bertz CT molecular complexity index is 626. The number of rotatable bonds is 6. The van der Waals surface area contributed by atoms with Crippen molar-refractivity contribution in [3.8, 4) is 5.75 Å². The van der Waals surface area contributed by atoms with Gasteiger partial charge in [-0.05, 0) is 36.1 Å². The van der Waals surface area contributed by atoms with E-state index in [1.807, 2.05) is 56.3 Å². The molecule has 0 bridgehead atoms. The van der Waals surface area contributed by atoms with E-state index in [4.69, 9.17) is 4.74 Å². The molecule has 4 heteroatoms. The fourth-order valence-electron chi connectivity index (χ4n) is 2.42. The van der Waals surface area contributed by atoms with Crippen LogP contribution in [0.25, 0.3) is 0 Å². The quantitative estimate of drug-likeness (QED) is 0.878. The second-order valence-electron chi connectivity index (χ2n) is 5.37. The Morgan fingerprint density at radius 2 is 1.73 bits per heavy atom. The fourth-order valence-corrected chi connectivity index (χ4v) is 2.42. The molecule has 116 valence electrons. The lowest BCUT2D eigenvalue weighted by molar-refractivity contribution is -0.314. The molecule has 2 aromatic carbocycles. The zero-order chi connectivity index (χ0) is 16.1. The van der Waals surface area contributed by atoms with Crippen LogP contribution < -0.4 is 9.84 Å².